The number of hydrogen-bond acceptors (Lipinski definition) is 6. The topological polar surface area (TPSA) is 101 Å². The average molecular weight is 406 g/mol. The van der Waals surface area contributed by atoms with E-state index in [-0.39, 0.29) is 17.9 Å². The van der Waals surface area contributed by atoms with Crippen LogP contribution in [0, 0.1) is 0 Å². The summed E-state index contributed by atoms with van der Waals surface area (Å²) in [5.74, 6) is -0.165. The van der Waals surface area contributed by atoms with Crippen LogP contribution in [0.5, 0.6) is 0 Å². The summed E-state index contributed by atoms with van der Waals surface area (Å²) in [6.45, 7) is 3.56. The standard InChI is InChI=1S/C23H26N4O3/c24-21-18(20(28)15-30-14-13-27-11-4-1-5-12-27)9-6-10-19(21)22-16-7-2-3-8-17(16)23(29)26-25-22/h2-3,6-10H,1,4-5,11-15,24H2,(H,26,29). The minimum absolute atomic E-state index is 0.0126. The van der Waals surface area contributed by atoms with Crippen LogP contribution in [0.25, 0.3) is 22.0 Å². The Morgan fingerprint density at radius 1 is 1.07 bits per heavy atom. The number of rotatable bonds is 7. The van der Waals surface area contributed by atoms with Gasteiger partial charge in [-0.1, -0.05) is 36.8 Å². The predicted octanol–water partition coefficient (Wildman–Crippen LogP) is 2.86. The summed E-state index contributed by atoms with van der Waals surface area (Å²) in [6, 6.07) is 12.5. The molecule has 0 radical (unpaired) electrons. The van der Waals surface area contributed by atoms with Crippen LogP contribution in [0.1, 0.15) is 29.6 Å². The number of piperidine rings is 1. The van der Waals surface area contributed by atoms with Crippen molar-refractivity contribution in [2.24, 2.45) is 0 Å². The van der Waals surface area contributed by atoms with Gasteiger partial charge in [0.05, 0.1) is 17.7 Å². The number of nitrogens with zero attached hydrogens (tertiary/aromatic N) is 2. The predicted molar refractivity (Wildman–Crippen MR) is 118 cm³/mol. The Morgan fingerprint density at radius 2 is 1.83 bits per heavy atom. The number of likely N-dealkylation sites (tertiary alicyclic amines) is 1. The SMILES string of the molecule is Nc1c(C(=O)COCCN2CCCCC2)cccc1-c1n[nH]c(=O)c2ccccc12. The number of Topliss-reactive ketones (excluding diaryl/α,β-unsaturated/α-hetero) is 1. The number of anilines is 1. The minimum Gasteiger partial charge on any atom is -0.398 e. The molecule has 0 bridgehead atoms. The molecule has 0 saturated carbocycles. The van der Waals surface area contributed by atoms with Crippen molar-refractivity contribution in [1.82, 2.24) is 15.1 Å². The summed E-state index contributed by atoms with van der Waals surface area (Å²) < 4.78 is 5.63. The first-order valence-electron chi connectivity index (χ1n) is 10.3. The molecule has 30 heavy (non-hydrogen) atoms. The molecule has 0 aliphatic carbocycles. The number of benzene rings is 2. The van der Waals surface area contributed by atoms with Gasteiger partial charge in [-0.25, -0.2) is 5.10 Å². The first kappa shape index (κ1) is 20.3. The fraction of sp³-hybridized carbons (Fsp3) is 0.348. The number of H-pyrrole nitrogens is 1. The van der Waals surface area contributed by atoms with Gasteiger partial charge < -0.3 is 15.4 Å². The van der Waals surface area contributed by atoms with Crippen LogP contribution in [-0.4, -0.2) is 53.7 Å². The third kappa shape index (κ3) is 4.27. The number of carbonyl (C=O) groups is 1. The number of ketones is 1. The molecule has 1 saturated heterocycles. The maximum absolute atomic E-state index is 12.7. The summed E-state index contributed by atoms with van der Waals surface area (Å²) in [5, 5.41) is 7.93. The zero-order valence-electron chi connectivity index (χ0n) is 16.9. The van der Waals surface area contributed by atoms with Crippen LogP contribution < -0.4 is 11.3 Å². The quantitative estimate of drug-likeness (QED) is 0.355. The Labute approximate surface area is 174 Å². The number of aromatic nitrogens is 2. The van der Waals surface area contributed by atoms with Crippen molar-refractivity contribution in [2.75, 3.05) is 38.6 Å². The number of carbonyl (C=O) groups excluding carboxylic acids is 1. The van der Waals surface area contributed by atoms with Gasteiger partial charge in [0.2, 0.25) is 0 Å². The fourth-order valence-corrected chi connectivity index (χ4v) is 3.95. The zero-order valence-corrected chi connectivity index (χ0v) is 16.9. The first-order valence-corrected chi connectivity index (χ1v) is 10.3. The maximum Gasteiger partial charge on any atom is 0.272 e. The van der Waals surface area contributed by atoms with E-state index in [9.17, 15) is 9.59 Å². The third-order valence-corrected chi connectivity index (χ3v) is 5.59. The minimum atomic E-state index is -0.262. The summed E-state index contributed by atoms with van der Waals surface area (Å²) >= 11 is 0. The van der Waals surface area contributed by atoms with Gasteiger partial charge in [0, 0.05) is 23.1 Å². The van der Waals surface area contributed by atoms with Gasteiger partial charge >= 0.3 is 0 Å². The number of aromatic amines is 1. The van der Waals surface area contributed by atoms with Gasteiger partial charge in [0.15, 0.2) is 5.78 Å². The number of para-hydroxylation sites is 1. The molecule has 2 heterocycles. The Balaban J connectivity index is 1.50. The number of nitrogens with one attached hydrogen (secondary N) is 1. The van der Waals surface area contributed by atoms with E-state index < -0.39 is 0 Å². The molecule has 1 aromatic heterocycles. The fourth-order valence-electron chi connectivity index (χ4n) is 3.95. The van der Waals surface area contributed by atoms with Crippen molar-refractivity contribution >= 4 is 22.2 Å². The molecule has 2 aromatic carbocycles. The number of nitrogen functional groups attached to an aromatic ring is 1. The van der Waals surface area contributed by atoms with Gasteiger partial charge in [-0.3, -0.25) is 9.59 Å². The molecule has 1 aliphatic heterocycles. The zero-order chi connectivity index (χ0) is 20.9. The van der Waals surface area contributed by atoms with Gasteiger partial charge in [0.1, 0.15) is 12.3 Å². The second-order valence-corrected chi connectivity index (χ2v) is 7.59. The number of nitrogens with two attached hydrogens (primary N) is 1. The highest BCUT2D eigenvalue weighted by atomic mass is 16.5. The molecule has 1 fully saturated rings. The lowest BCUT2D eigenvalue weighted by Gasteiger charge is -2.26. The highest BCUT2D eigenvalue weighted by molar-refractivity contribution is 6.06. The smallest absolute Gasteiger partial charge is 0.272 e. The summed E-state index contributed by atoms with van der Waals surface area (Å²) in [6.07, 6.45) is 3.76. The van der Waals surface area contributed by atoms with E-state index in [1.165, 1.54) is 19.3 Å². The molecule has 0 unspecified atom stereocenters. The third-order valence-electron chi connectivity index (χ3n) is 5.59. The average Bonchev–Trinajstić information content (AvgIpc) is 2.78. The lowest BCUT2D eigenvalue weighted by atomic mass is 9.99. The summed E-state index contributed by atoms with van der Waals surface area (Å²) in [7, 11) is 0. The highest BCUT2D eigenvalue weighted by Crippen LogP contribution is 2.31. The molecule has 156 valence electrons. The molecule has 0 spiro atoms. The highest BCUT2D eigenvalue weighted by Gasteiger charge is 2.17. The molecular weight excluding hydrogens is 380 g/mol. The molecule has 7 nitrogen and oxygen atoms in total. The number of hydrogen-bond donors (Lipinski definition) is 2. The Bertz CT molecular complexity index is 1100. The Morgan fingerprint density at radius 3 is 2.63 bits per heavy atom. The van der Waals surface area contributed by atoms with Gasteiger partial charge in [-0.2, -0.15) is 5.10 Å². The summed E-state index contributed by atoms with van der Waals surface area (Å²) in [5.41, 5.74) is 7.99. The molecule has 0 amide bonds. The largest absolute Gasteiger partial charge is 0.398 e. The molecule has 4 rings (SSSR count). The van der Waals surface area contributed by atoms with E-state index in [0.29, 0.717) is 39.9 Å². The Kier molecular flexibility index (Phi) is 6.21. The van der Waals surface area contributed by atoms with Gasteiger partial charge in [0.25, 0.3) is 5.56 Å². The van der Waals surface area contributed by atoms with Crippen molar-refractivity contribution < 1.29 is 9.53 Å². The van der Waals surface area contributed by atoms with Crippen molar-refractivity contribution in [3.8, 4) is 11.3 Å². The van der Waals surface area contributed by atoms with Crippen LogP contribution >= 0.6 is 0 Å². The second-order valence-electron chi connectivity index (χ2n) is 7.59. The van der Waals surface area contributed by atoms with Crippen molar-refractivity contribution in [2.45, 2.75) is 19.3 Å². The van der Waals surface area contributed by atoms with E-state index in [1.54, 1.807) is 30.3 Å². The molecule has 0 atom stereocenters. The summed E-state index contributed by atoms with van der Waals surface area (Å²) in [4.78, 5) is 27.2. The molecule has 7 heteroatoms. The van der Waals surface area contributed by atoms with E-state index in [4.69, 9.17) is 10.5 Å². The molecule has 1 aliphatic rings. The van der Waals surface area contributed by atoms with Crippen LogP contribution in [0.3, 0.4) is 0 Å². The van der Waals surface area contributed by atoms with E-state index >= 15 is 0 Å². The van der Waals surface area contributed by atoms with E-state index in [2.05, 4.69) is 15.1 Å². The van der Waals surface area contributed by atoms with Crippen LogP contribution in [0.15, 0.2) is 47.3 Å². The lowest BCUT2D eigenvalue weighted by molar-refractivity contribution is 0.0684. The lowest BCUT2D eigenvalue weighted by Crippen LogP contribution is -2.33. The van der Waals surface area contributed by atoms with E-state index in [1.807, 2.05) is 12.1 Å². The van der Waals surface area contributed by atoms with Crippen molar-refractivity contribution in [1.29, 1.82) is 0 Å². The number of ether oxygens (including phenoxy) is 1. The Hall–Kier alpha value is -3.03. The van der Waals surface area contributed by atoms with E-state index in [0.717, 1.165) is 19.6 Å². The second kappa shape index (κ2) is 9.19. The van der Waals surface area contributed by atoms with Crippen molar-refractivity contribution in [3.63, 3.8) is 0 Å². The van der Waals surface area contributed by atoms with Gasteiger partial charge in [-0.05, 0) is 38.1 Å². The normalized spacial score (nSPS) is 14.8. The monoisotopic (exact) mass is 406 g/mol. The van der Waals surface area contributed by atoms with Crippen molar-refractivity contribution in [3.05, 3.63) is 58.4 Å². The maximum atomic E-state index is 12.7. The van der Waals surface area contributed by atoms with Crippen LogP contribution in [-0.2, 0) is 4.74 Å². The molecule has 3 N–H and O–H groups in total. The first-order chi connectivity index (χ1) is 14.6. The number of fused-ring (bicyclic) bond motifs is 1. The molecule has 3 aromatic rings. The molecular formula is C23H26N4O3. The van der Waals surface area contributed by atoms with Gasteiger partial charge in [-0.15, -0.1) is 0 Å². The van der Waals surface area contributed by atoms with Crippen LogP contribution in [0.2, 0.25) is 0 Å². The van der Waals surface area contributed by atoms with Crippen LogP contribution in [0.4, 0.5) is 5.69 Å².